The second-order valence-corrected chi connectivity index (χ2v) is 9.06. The van der Waals surface area contributed by atoms with Gasteiger partial charge in [0, 0.05) is 37.8 Å². The molecule has 2 amide bonds. The highest BCUT2D eigenvalue weighted by Crippen LogP contribution is 2.11. The maximum absolute atomic E-state index is 13.5. The topological polar surface area (TPSA) is 140 Å². The van der Waals surface area contributed by atoms with Crippen molar-refractivity contribution in [1.29, 1.82) is 0 Å². The lowest BCUT2D eigenvalue weighted by molar-refractivity contribution is 0.0940. The normalized spacial score (nSPS) is 12.8. The van der Waals surface area contributed by atoms with Crippen LogP contribution in [0.15, 0.2) is 54.9 Å². The molecule has 40 heavy (non-hydrogen) atoms. The number of hydrogen-bond acceptors (Lipinski definition) is 8. The number of fused-ring (bicyclic) bond motifs is 1. The number of hydrogen-bond donors (Lipinski definition) is 3. The van der Waals surface area contributed by atoms with Crippen LogP contribution in [0.4, 0.5) is 4.39 Å². The number of morpholine rings is 1. The van der Waals surface area contributed by atoms with Crippen LogP contribution in [0.5, 0.6) is 0 Å². The summed E-state index contributed by atoms with van der Waals surface area (Å²) in [4.78, 5) is 45.2. The van der Waals surface area contributed by atoms with Crippen LogP contribution in [0, 0.1) is 12.7 Å². The molecule has 1 saturated heterocycles. The van der Waals surface area contributed by atoms with Crippen LogP contribution in [0.25, 0.3) is 5.78 Å². The average molecular weight is 548 g/mol. The van der Waals surface area contributed by atoms with Crippen molar-refractivity contribution in [3.63, 3.8) is 0 Å². The number of benzene rings is 2. The van der Waals surface area contributed by atoms with Crippen molar-refractivity contribution >= 4 is 23.4 Å². The number of nitrogens with zero attached hydrogens (tertiary/aromatic N) is 4. The van der Waals surface area contributed by atoms with E-state index in [-0.39, 0.29) is 41.9 Å². The van der Waals surface area contributed by atoms with Crippen LogP contribution in [0.3, 0.4) is 0 Å². The summed E-state index contributed by atoms with van der Waals surface area (Å²) >= 11 is 0. The van der Waals surface area contributed by atoms with Gasteiger partial charge in [0.15, 0.2) is 5.78 Å². The molecule has 0 atom stereocenters. The zero-order valence-electron chi connectivity index (χ0n) is 22.2. The standard InChI is InChI=1S/C24H21FN6O3.C4H9NO/c1-14-9-17(5-8-19(14)25)12-26-22(33)20-10-21(31-24(30-20)28-13-29-31)23(34)27-11-16-3-6-18(7-4-16)15(2)32;1-3-6-4-2-5-1/h3-10,13H,11-12H2,1-2H3,(H,26,33)(H,27,34);5H,1-4H2. The predicted molar refractivity (Wildman–Crippen MR) is 144 cm³/mol. The fraction of sp³-hybridized carbons (Fsp3) is 0.286. The molecule has 0 saturated carbocycles. The number of Topliss-reactive ketones (excluding diaryl/α,β-unsaturated/α-hetero) is 1. The molecule has 1 aliphatic rings. The molecule has 3 N–H and O–H groups in total. The van der Waals surface area contributed by atoms with Gasteiger partial charge >= 0.3 is 0 Å². The van der Waals surface area contributed by atoms with E-state index in [1.165, 1.54) is 29.9 Å². The minimum absolute atomic E-state index is 0.00436. The Hall–Kier alpha value is -4.55. The van der Waals surface area contributed by atoms with Gasteiger partial charge in [-0.2, -0.15) is 14.6 Å². The Labute approximate surface area is 230 Å². The van der Waals surface area contributed by atoms with E-state index >= 15 is 0 Å². The van der Waals surface area contributed by atoms with Gasteiger partial charge in [-0.05, 0) is 36.6 Å². The number of ketones is 1. The van der Waals surface area contributed by atoms with Gasteiger partial charge in [0.2, 0.25) is 0 Å². The van der Waals surface area contributed by atoms with Crippen molar-refractivity contribution in [3.05, 3.63) is 94.3 Å². The third-order valence-corrected chi connectivity index (χ3v) is 6.05. The van der Waals surface area contributed by atoms with E-state index in [0.717, 1.165) is 37.4 Å². The lowest BCUT2D eigenvalue weighted by Gasteiger charge is -2.10. The van der Waals surface area contributed by atoms with Gasteiger partial charge < -0.3 is 20.7 Å². The maximum Gasteiger partial charge on any atom is 0.270 e. The Bertz CT molecular complexity index is 1490. The highest BCUT2D eigenvalue weighted by molar-refractivity contribution is 5.98. The highest BCUT2D eigenvalue weighted by atomic mass is 19.1. The summed E-state index contributed by atoms with van der Waals surface area (Å²) in [6.07, 6.45) is 1.24. The number of halogens is 1. The molecule has 1 fully saturated rings. The molecule has 0 unspecified atom stereocenters. The Morgan fingerprint density at radius 3 is 2.27 bits per heavy atom. The summed E-state index contributed by atoms with van der Waals surface area (Å²) in [5, 5.41) is 12.7. The van der Waals surface area contributed by atoms with Crippen LogP contribution in [-0.2, 0) is 17.8 Å². The largest absolute Gasteiger partial charge is 0.379 e. The predicted octanol–water partition coefficient (Wildman–Crippen LogP) is 2.24. The molecule has 0 bridgehead atoms. The Balaban J connectivity index is 0.000000546. The van der Waals surface area contributed by atoms with Gasteiger partial charge in [0.1, 0.15) is 23.5 Å². The molecule has 0 aliphatic carbocycles. The molecule has 4 aromatic rings. The smallest absolute Gasteiger partial charge is 0.270 e. The van der Waals surface area contributed by atoms with Crippen molar-refractivity contribution in [3.8, 4) is 0 Å². The maximum atomic E-state index is 13.5. The Morgan fingerprint density at radius 2 is 1.65 bits per heavy atom. The monoisotopic (exact) mass is 547 g/mol. The molecule has 12 heteroatoms. The van der Waals surface area contributed by atoms with Crippen LogP contribution in [0.1, 0.15) is 54.9 Å². The first kappa shape index (κ1) is 28.5. The van der Waals surface area contributed by atoms with E-state index in [4.69, 9.17) is 4.74 Å². The number of carbonyl (C=O) groups excluding carboxylic acids is 3. The fourth-order valence-electron chi connectivity index (χ4n) is 3.83. The molecule has 208 valence electrons. The number of rotatable bonds is 7. The van der Waals surface area contributed by atoms with Crippen LogP contribution < -0.4 is 16.0 Å². The zero-order chi connectivity index (χ0) is 28.5. The minimum Gasteiger partial charge on any atom is -0.379 e. The van der Waals surface area contributed by atoms with Crippen LogP contribution in [0.2, 0.25) is 0 Å². The summed E-state index contributed by atoms with van der Waals surface area (Å²) in [6.45, 7) is 7.33. The van der Waals surface area contributed by atoms with E-state index < -0.39 is 11.8 Å². The van der Waals surface area contributed by atoms with E-state index in [0.29, 0.717) is 11.1 Å². The number of aromatic nitrogens is 4. The SMILES string of the molecule is C1COCCN1.CC(=O)c1ccc(CNC(=O)c2cc(C(=O)NCc3ccc(F)c(C)c3)nc3ncnn23)cc1. The van der Waals surface area contributed by atoms with E-state index in [1.807, 2.05) is 0 Å². The van der Waals surface area contributed by atoms with E-state index in [2.05, 4.69) is 31.0 Å². The van der Waals surface area contributed by atoms with Gasteiger partial charge in [0.25, 0.3) is 17.6 Å². The summed E-state index contributed by atoms with van der Waals surface area (Å²) < 4.78 is 19.7. The van der Waals surface area contributed by atoms with Gasteiger partial charge in [-0.1, -0.05) is 36.4 Å². The number of aryl methyl sites for hydroxylation is 1. The second-order valence-electron chi connectivity index (χ2n) is 9.06. The molecule has 0 radical (unpaired) electrons. The van der Waals surface area contributed by atoms with Crippen molar-refractivity contribution in [1.82, 2.24) is 35.5 Å². The van der Waals surface area contributed by atoms with Crippen LogP contribution >= 0.6 is 0 Å². The first-order valence-electron chi connectivity index (χ1n) is 12.7. The molecule has 5 rings (SSSR count). The van der Waals surface area contributed by atoms with Crippen LogP contribution in [-0.4, -0.2) is 63.5 Å². The fourth-order valence-corrected chi connectivity index (χ4v) is 3.83. The summed E-state index contributed by atoms with van der Waals surface area (Å²) in [5.74, 6) is -1.25. The zero-order valence-corrected chi connectivity index (χ0v) is 22.2. The average Bonchev–Trinajstić information content (AvgIpc) is 3.46. The van der Waals surface area contributed by atoms with Crippen molar-refractivity contribution < 1.29 is 23.5 Å². The first-order valence-corrected chi connectivity index (χ1v) is 12.7. The molecule has 2 aromatic heterocycles. The van der Waals surface area contributed by atoms with Gasteiger partial charge in [-0.25, -0.2) is 9.37 Å². The molecular formula is C28H30FN7O4. The molecule has 0 spiro atoms. The Morgan fingerprint density at radius 1 is 0.975 bits per heavy atom. The van der Waals surface area contributed by atoms with Crippen molar-refractivity contribution in [2.45, 2.75) is 26.9 Å². The third kappa shape index (κ3) is 7.52. The number of amides is 2. The number of ether oxygens (including phenoxy) is 1. The quantitative estimate of drug-likeness (QED) is 0.300. The number of nitrogens with one attached hydrogen (secondary N) is 3. The molecule has 1 aliphatic heterocycles. The summed E-state index contributed by atoms with van der Waals surface area (Å²) in [5.41, 5.74) is 2.67. The Kier molecular flexibility index (Phi) is 9.60. The van der Waals surface area contributed by atoms with Gasteiger partial charge in [0.05, 0.1) is 13.2 Å². The molecule has 11 nitrogen and oxygen atoms in total. The lowest BCUT2D eigenvalue weighted by Crippen LogP contribution is -2.30. The third-order valence-electron chi connectivity index (χ3n) is 6.05. The van der Waals surface area contributed by atoms with Gasteiger partial charge in [-0.15, -0.1) is 0 Å². The van der Waals surface area contributed by atoms with E-state index in [1.54, 1.807) is 43.3 Å². The highest BCUT2D eigenvalue weighted by Gasteiger charge is 2.18. The molecule has 3 heterocycles. The summed E-state index contributed by atoms with van der Waals surface area (Å²) in [7, 11) is 0. The molecular weight excluding hydrogens is 517 g/mol. The van der Waals surface area contributed by atoms with Gasteiger partial charge in [-0.3, -0.25) is 14.4 Å². The van der Waals surface area contributed by atoms with Crippen molar-refractivity contribution in [2.24, 2.45) is 0 Å². The number of carbonyl (C=O) groups is 3. The lowest BCUT2D eigenvalue weighted by atomic mass is 10.1. The second kappa shape index (κ2) is 13.5. The van der Waals surface area contributed by atoms with Crippen molar-refractivity contribution in [2.75, 3.05) is 26.3 Å². The van der Waals surface area contributed by atoms with E-state index in [9.17, 15) is 18.8 Å². The summed E-state index contributed by atoms with van der Waals surface area (Å²) in [6, 6.07) is 12.8. The first-order chi connectivity index (χ1) is 19.3. The molecule has 2 aromatic carbocycles. The minimum atomic E-state index is -0.513.